The van der Waals surface area contributed by atoms with Crippen molar-refractivity contribution in [3.63, 3.8) is 0 Å². The SMILES string of the molecule is O=C(O)[C@@H]1C[C@@H](O)CN1C(=O)C1Cc2ccccc2C1. The summed E-state index contributed by atoms with van der Waals surface area (Å²) in [4.78, 5) is 25.1. The van der Waals surface area contributed by atoms with Crippen LogP contribution in [0.15, 0.2) is 24.3 Å². The quantitative estimate of drug-likeness (QED) is 0.821. The first-order chi connectivity index (χ1) is 9.56. The van der Waals surface area contributed by atoms with Crippen molar-refractivity contribution in [3.05, 3.63) is 35.4 Å². The normalized spacial score (nSPS) is 25.8. The Kier molecular flexibility index (Phi) is 3.22. The Morgan fingerprint density at radius 1 is 1.15 bits per heavy atom. The van der Waals surface area contributed by atoms with Gasteiger partial charge in [0.2, 0.25) is 5.91 Å². The van der Waals surface area contributed by atoms with Crippen molar-refractivity contribution >= 4 is 11.9 Å². The number of carboxylic acids is 1. The van der Waals surface area contributed by atoms with Gasteiger partial charge in [-0.15, -0.1) is 0 Å². The lowest BCUT2D eigenvalue weighted by atomic mass is 10.0. The second-order valence-corrected chi connectivity index (χ2v) is 5.61. The molecule has 0 bridgehead atoms. The molecule has 106 valence electrons. The van der Waals surface area contributed by atoms with Crippen LogP contribution in [0.2, 0.25) is 0 Å². The summed E-state index contributed by atoms with van der Waals surface area (Å²) in [6, 6.07) is 7.03. The number of rotatable bonds is 2. The molecule has 1 amide bonds. The van der Waals surface area contributed by atoms with Gasteiger partial charge in [0, 0.05) is 18.9 Å². The molecule has 1 aromatic rings. The number of aliphatic hydroxyl groups is 1. The van der Waals surface area contributed by atoms with Crippen LogP contribution in [-0.2, 0) is 22.4 Å². The van der Waals surface area contributed by atoms with Crippen LogP contribution in [0, 0.1) is 5.92 Å². The van der Waals surface area contributed by atoms with Crippen LogP contribution in [0.25, 0.3) is 0 Å². The van der Waals surface area contributed by atoms with E-state index < -0.39 is 18.1 Å². The molecular formula is C15H17NO4. The molecule has 0 saturated carbocycles. The first-order valence-electron chi connectivity index (χ1n) is 6.84. The highest BCUT2D eigenvalue weighted by Gasteiger charge is 2.42. The summed E-state index contributed by atoms with van der Waals surface area (Å²) in [7, 11) is 0. The van der Waals surface area contributed by atoms with E-state index in [1.807, 2.05) is 24.3 Å². The summed E-state index contributed by atoms with van der Waals surface area (Å²) in [6.45, 7) is 0.128. The fourth-order valence-electron chi connectivity index (χ4n) is 3.26. The van der Waals surface area contributed by atoms with Crippen molar-refractivity contribution in [1.29, 1.82) is 0 Å². The number of hydrogen-bond acceptors (Lipinski definition) is 3. The second-order valence-electron chi connectivity index (χ2n) is 5.61. The third kappa shape index (κ3) is 2.18. The Morgan fingerprint density at radius 3 is 2.30 bits per heavy atom. The average molecular weight is 275 g/mol. The van der Waals surface area contributed by atoms with E-state index in [1.54, 1.807) is 0 Å². The fourth-order valence-corrected chi connectivity index (χ4v) is 3.26. The van der Waals surface area contributed by atoms with Gasteiger partial charge < -0.3 is 15.1 Å². The molecule has 0 unspecified atom stereocenters. The largest absolute Gasteiger partial charge is 0.480 e. The number of nitrogens with zero attached hydrogens (tertiary/aromatic N) is 1. The number of amides is 1. The molecule has 1 aliphatic heterocycles. The number of likely N-dealkylation sites (tertiary alicyclic amines) is 1. The number of aliphatic hydroxyl groups excluding tert-OH is 1. The molecule has 5 nitrogen and oxygen atoms in total. The van der Waals surface area contributed by atoms with E-state index in [4.69, 9.17) is 5.11 Å². The molecule has 0 spiro atoms. The molecule has 2 aliphatic rings. The minimum absolute atomic E-state index is 0.126. The molecule has 0 radical (unpaired) electrons. The second kappa shape index (κ2) is 4.90. The van der Waals surface area contributed by atoms with Crippen LogP contribution < -0.4 is 0 Å². The molecule has 5 heteroatoms. The zero-order chi connectivity index (χ0) is 14.3. The molecule has 2 atom stereocenters. The van der Waals surface area contributed by atoms with E-state index in [2.05, 4.69) is 0 Å². The molecule has 1 fully saturated rings. The van der Waals surface area contributed by atoms with Gasteiger partial charge in [0.15, 0.2) is 0 Å². The zero-order valence-electron chi connectivity index (χ0n) is 11.0. The molecule has 2 N–H and O–H groups in total. The lowest BCUT2D eigenvalue weighted by molar-refractivity contribution is -0.149. The van der Waals surface area contributed by atoms with E-state index >= 15 is 0 Å². The number of aliphatic carboxylic acids is 1. The fraction of sp³-hybridized carbons (Fsp3) is 0.467. The number of carboxylic acid groups (broad SMARTS) is 1. The lowest BCUT2D eigenvalue weighted by Crippen LogP contribution is -2.44. The highest BCUT2D eigenvalue weighted by Crippen LogP contribution is 2.30. The predicted molar refractivity (Wildman–Crippen MR) is 71.1 cm³/mol. The summed E-state index contributed by atoms with van der Waals surface area (Å²) in [5.74, 6) is -1.38. The van der Waals surface area contributed by atoms with Gasteiger partial charge in [0.1, 0.15) is 6.04 Å². The highest BCUT2D eigenvalue weighted by atomic mass is 16.4. The predicted octanol–water partition coefficient (Wildman–Crippen LogP) is 0.448. The number of hydrogen-bond donors (Lipinski definition) is 2. The van der Waals surface area contributed by atoms with E-state index in [0.717, 1.165) is 11.1 Å². The first kappa shape index (κ1) is 13.1. The lowest BCUT2D eigenvalue weighted by Gasteiger charge is -2.24. The molecule has 1 aliphatic carbocycles. The number of carbonyl (C=O) groups excluding carboxylic acids is 1. The third-order valence-corrected chi connectivity index (χ3v) is 4.25. The van der Waals surface area contributed by atoms with Crippen LogP contribution in [0.1, 0.15) is 17.5 Å². The van der Waals surface area contributed by atoms with Crippen LogP contribution in [0.4, 0.5) is 0 Å². The van der Waals surface area contributed by atoms with Crippen molar-refractivity contribution in [2.24, 2.45) is 5.92 Å². The Hall–Kier alpha value is -1.88. The molecular weight excluding hydrogens is 258 g/mol. The maximum absolute atomic E-state index is 12.5. The van der Waals surface area contributed by atoms with E-state index in [-0.39, 0.29) is 24.8 Å². The van der Waals surface area contributed by atoms with Crippen LogP contribution in [-0.4, -0.2) is 45.7 Å². The van der Waals surface area contributed by atoms with Gasteiger partial charge in [-0.1, -0.05) is 24.3 Å². The Balaban J connectivity index is 1.76. The average Bonchev–Trinajstić information content (AvgIpc) is 3.01. The molecule has 0 aromatic heterocycles. The van der Waals surface area contributed by atoms with Crippen LogP contribution in [0.3, 0.4) is 0 Å². The molecule has 20 heavy (non-hydrogen) atoms. The number of β-amino-alcohol motifs (C(OH)–C–C–N with tert-alkyl or cyclic N) is 1. The summed E-state index contributed by atoms with van der Waals surface area (Å²) in [6.07, 6.45) is 0.714. The van der Waals surface area contributed by atoms with Crippen molar-refractivity contribution < 1.29 is 19.8 Å². The van der Waals surface area contributed by atoms with E-state index in [9.17, 15) is 14.7 Å². The molecule has 1 aromatic carbocycles. The van der Waals surface area contributed by atoms with Crippen molar-refractivity contribution in [1.82, 2.24) is 4.90 Å². The van der Waals surface area contributed by atoms with E-state index in [1.165, 1.54) is 4.90 Å². The summed E-state index contributed by atoms with van der Waals surface area (Å²) in [5, 5.41) is 18.8. The number of fused-ring (bicyclic) bond motifs is 1. The summed E-state index contributed by atoms with van der Waals surface area (Å²) >= 11 is 0. The van der Waals surface area contributed by atoms with Gasteiger partial charge in [0.05, 0.1) is 6.10 Å². The Morgan fingerprint density at radius 2 is 1.75 bits per heavy atom. The smallest absolute Gasteiger partial charge is 0.326 e. The van der Waals surface area contributed by atoms with Gasteiger partial charge in [-0.3, -0.25) is 4.79 Å². The zero-order valence-corrected chi connectivity index (χ0v) is 11.0. The number of benzene rings is 1. The van der Waals surface area contributed by atoms with Crippen LogP contribution in [0.5, 0.6) is 0 Å². The van der Waals surface area contributed by atoms with Crippen molar-refractivity contribution in [2.45, 2.75) is 31.4 Å². The maximum Gasteiger partial charge on any atom is 0.326 e. The van der Waals surface area contributed by atoms with Gasteiger partial charge in [-0.25, -0.2) is 4.79 Å². The number of carbonyl (C=O) groups is 2. The molecule has 3 rings (SSSR count). The maximum atomic E-state index is 12.5. The Bertz CT molecular complexity index is 532. The first-order valence-corrected chi connectivity index (χ1v) is 6.84. The van der Waals surface area contributed by atoms with Crippen LogP contribution >= 0.6 is 0 Å². The van der Waals surface area contributed by atoms with Crippen molar-refractivity contribution in [2.75, 3.05) is 6.54 Å². The summed E-state index contributed by atoms with van der Waals surface area (Å²) < 4.78 is 0. The molecule has 1 heterocycles. The van der Waals surface area contributed by atoms with Gasteiger partial charge in [0.25, 0.3) is 0 Å². The minimum Gasteiger partial charge on any atom is -0.480 e. The minimum atomic E-state index is -1.04. The summed E-state index contributed by atoms with van der Waals surface area (Å²) in [5.41, 5.74) is 2.33. The van der Waals surface area contributed by atoms with Crippen molar-refractivity contribution in [3.8, 4) is 0 Å². The monoisotopic (exact) mass is 275 g/mol. The van der Waals surface area contributed by atoms with E-state index in [0.29, 0.717) is 12.8 Å². The highest BCUT2D eigenvalue weighted by molar-refractivity contribution is 5.86. The van der Waals surface area contributed by atoms with Gasteiger partial charge in [-0.05, 0) is 24.0 Å². The standard InChI is InChI=1S/C15H17NO4/c17-12-7-13(15(19)20)16(8-12)14(18)11-5-9-3-1-2-4-10(9)6-11/h1-4,11-13,17H,5-8H2,(H,19,20)/t12-,13+/m1/s1. The topological polar surface area (TPSA) is 77.8 Å². The Labute approximate surface area is 116 Å². The van der Waals surface area contributed by atoms with Gasteiger partial charge >= 0.3 is 5.97 Å². The van der Waals surface area contributed by atoms with Gasteiger partial charge in [-0.2, -0.15) is 0 Å². The molecule has 1 saturated heterocycles. The third-order valence-electron chi connectivity index (χ3n) is 4.25.